The van der Waals surface area contributed by atoms with Crippen LogP contribution in [0, 0.1) is 17.2 Å². The first-order valence-corrected chi connectivity index (χ1v) is 32.2. The minimum atomic E-state index is -3.42. The third kappa shape index (κ3) is 19.0. The third-order valence-corrected chi connectivity index (χ3v) is 18.8. The number of ketones is 2. The van der Waals surface area contributed by atoms with Crippen molar-refractivity contribution in [2.45, 2.75) is 129 Å². The van der Waals surface area contributed by atoms with Crippen LogP contribution in [0.5, 0.6) is 0 Å². The number of hydrogen-bond donors (Lipinski definition) is 2. The summed E-state index contributed by atoms with van der Waals surface area (Å²) in [5, 5.41) is 17.1. The molecule has 0 saturated heterocycles. The number of aliphatic hydroxyl groups excluding tert-OH is 1. The number of ether oxygens (including phenoxy) is 1. The number of thioether (sulfide) groups is 1. The fraction of sp³-hybridized carbons (Fsp3) is 0.373. The first kappa shape index (κ1) is 65.1. The second-order valence-corrected chi connectivity index (χ2v) is 26.8. The highest BCUT2D eigenvalue weighted by molar-refractivity contribution is 8.17. The van der Waals surface area contributed by atoms with E-state index in [0.29, 0.717) is 73.8 Å². The van der Waals surface area contributed by atoms with Crippen LogP contribution in [0.25, 0.3) is 5.57 Å². The Morgan fingerprint density at radius 2 is 1.62 bits per heavy atom. The van der Waals surface area contributed by atoms with Crippen LogP contribution >= 0.6 is 23.1 Å². The number of benzene rings is 4. The van der Waals surface area contributed by atoms with Crippen LogP contribution in [0.15, 0.2) is 169 Å². The molecule has 0 spiro atoms. The predicted octanol–water partition coefficient (Wildman–Crippen LogP) is 13.8. The van der Waals surface area contributed by atoms with Gasteiger partial charge in [0.25, 0.3) is 11.8 Å². The molecule has 2 aliphatic carbocycles. The Labute approximate surface area is 507 Å². The van der Waals surface area contributed by atoms with Crippen molar-refractivity contribution in [2.24, 2.45) is 26.4 Å². The van der Waals surface area contributed by atoms with Crippen LogP contribution in [-0.4, -0.2) is 85.3 Å². The molecular formula is C67H76FN5O9S3. The van der Waals surface area contributed by atoms with E-state index in [-0.39, 0.29) is 50.8 Å². The quantitative estimate of drug-likeness (QED) is 0.0791. The molecule has 4 aromatic carbocycles. The lowest BCUT2D eigenvalue weighted by atomic mass is 9.75. The Bertz CT molecular complexity index is 3490. The number of hydrazone groups is 1. The van der Waals surface area contributed by atoms with Crippen molar-refractivity contribution >= 4 is 90.0 Å². The minimum absolute atomic E-state index is 0.00437. The van der Waals surface area contributed by atoms with Gasteiger partial charge in [-0.1, -0.05) is 131 Å². The molecule has 14 nitrogen and oxygen atoms in total. The summed E-state index contributed by atoms with van der Waals surface area (Å²) >= 11 is 3.25. The van der Waals surface area contributed by atoms with Gasteiger partial charge in [-0.2, -0.15) is 5.10 Å². The van der Waals surface area contributed by atoms with Gasteiger partial charge in [-0.05, 0) is 126 Å². The number of Topliss-reactive ketones (excluding diaryl/α,β-unsaturated/α-hetero) is 2. The van der Waals surface area contributed by atoms with Crippen LogP contribution in [0.1, 0.15) is 137 Å². The van der Waals surface area contributed by atoms with E-state index in [2.05, 4.69) is 44.6 Å². The summed E-state index contributed by atoms with van der Waals surface area (Å²) in [4.78, 5) is 73.7. The number of nitrogens with zero attached hydrogens (tertiary/aromatic N) is 4. The molecule has 0 bridgehead atoms. The number of halogens is 1. The first-order valence-electron chi connectivity index (χ1n) is 28.9. The van der Waals surface area contributed by atoms with Crippen molar-refractivity contribution in [3.05, 3.63) is 182 Å². The normalized spacial score (nSPS) is 17.4. The molecule has 0 atom stereocenters. The van der Waals surface area contributed by atoms with Crippen molar-refractivity contribution in [1.29, 1.82) is 0 Å². The van der Waals surface area contributed by atoms with E-state index >= 15 is 0 Å². The summed E-state index contributed by atoms with van der Waals surface area (Å²) in [6, 6.07) is 33.8. The zero-order valence-corrected chi connectivity index (χ0v) is 51.6. The number of nitrogens with one attached hydrogen (secondary N) is 1. The van der Waals surface area contributed by atoms with E-state index in [1.165, 1.54) is 79.2 Å². The molecule has 1 aromatic heterocycles. The highest BCUT2D eigenvalue weighted by Gasteiger charge is 2.35. The van der Waals surface area contributed by atoms with Gasteiger partial charge in [-0.25, -0.2) is 22.6 Å². The van der Waals surface area contributed by atoms with Crippen LogP contribution in [-0.2, 0) is 53.0 Å². The molecule has 5 aliphatic rings. The van der Waals surface area contributed by atoms with Crippen LogP contribution < -0.4 is 10.3 Å². The summed E-state index contributed by atoms with van der Waals surface area (Å²) in [5.41, 5.74) is 10.1. The summed E-state index contributed by atoms with van der Waals surface area (Å²) in [6.45, 7) is 11.5. The molecule has 5 aromatic rings. The number of para-hydroxylation sites is 1. The van der Waals surface area contributed by atoms with Crippen molar-refractivity contribution in [2.75, 3.05) is 30.9 Å². The molecule has 1 saturated carbocycles. The standard InChI is InChI=1S/C20H21NO5S.C17H16FN3OS.C17H21NO2.C13H18OS/c1-2-27(24,25)17-10-5-8-16(13-17)20(23)26-14-19(22)21-12-6-9-15-7-3-4-11-18(15)21;1-10-3-8-15(21-20-10)17(22)19-16-9-14(11(2)23-16)12-4-6-13(18)7-5-12;1-17(2)10-14(19)16(15(20)11-17)13(18-3)9-12-7-5-4-6-8-12;14-13(11-5-2-1-3-6-11)9-8-12-7-4-10-15-12/h3-5,7-8,10-11,13H,2,6,9,12,14H2,1H3;4-7,20H,1,3,8-9H2,2H3;4-8,19H,9-11H2,1-3H3;4,7,10-11H,1-3,5-6,8-9H2. The van der Waals surface area contributed by atoms with Crippen molar-refractivity contribution < 1.29 is 46.6 Å². The fourth-order valence-electron chi connectivity index (χ4n) is 10.5. The van der Waals surface area contributed by atoms with Gasteiger partial charge in [0, 0.05) is 74.3 Å². The molecule has 3 aliphatic heterocycles. The summed E-state index contributed by atoms with van der Waals surface area (Å²) < 4.78 is 42.1. The molecular weight excluding hydrogens is 1130 g/mol. The number of fused-ring (bicyclic) bond motifs is 1. The van der Waals surface area contributed by atoms with Gasteiger partial charge in [0.1, 0.15) is 23.1 Å². The number of esters is 1. The maximum absolute atomic E-state index is 13.0. The third-order valence-electron chi connectivity index (χ3n) is 15.1. The number of rotatable bonds is 14. The predicted molar refractivity (Wildman–Crippen MR) is 340 cm³/mol. The average molecular weight is 1210 g/mol. The summed E-state index contributed by atoms with van der Waals surface area (Å²) in [6.07, 6.45) is 13.0. The molecule has 10 rings (SSSR count). The number of aryl methyl sites for hydroxylation is 2. The van der Waals surface area contributed by atoms with Crippen LogP contribution in [0.4, 0.5) is 10.1 Å². The van der Waals surface area contributed by atoms with Gasteiger partial charge in [-0.3, -0.25) is 29.6 Å². The number of amides is 2. The molecule has 4 heterocycles. The van der Waals surface area contributed by atoms with E-state index in [4.69, 9.17) is 4.74 Å². The van der Waals surface area contributed by atoms with Gasteiger partial charge in [0.05, 0.1) is 32.5 Å². The van der Waals surface area contributed by atoms with Gasteiger partial charge < -0.3 is 14.7 Å². The Kier molecular flexibility index (Phi) is 23.8. The maximum atomic E-state index is 13.0. The van der Waals surface area contributed by atoms with Gasteiger partial charge in [0.15, 0.2) is 22.2 Å². The van der Waals surface area contributed by atoms with Gasteiger partial charge >= 0.3 is 5.97 Å². The van der Waals surface area contributed by atoms with E-state index in [1.807, 2.05) is 75.4 Å². The molecule has 1 fully saturated rings. The smallest absolute Gasteiger partial charge is 0.338 e. The van der Waals surface area contributed by atoms with Crippen LogP contribution in [0.2, 0.25) is 0 Å². The molecule has 2 N–H and O–H groups in total. The molecule has 18 heteroatoms. The molecule has 0 unspecified atom stereocenters. The monoisotopic (exact) mass is 1210 g/mol. The number of allylic oxidation sites excluding steroid dienone is 5. The number of sulfone groups is 1. The zero-order valence-electron chi connectivity index (χ0n) is 49.2. The number of anilines is 1. The highest BCUT2D eigenvalue weighted by Crippen LogP contribution is 2.40. The summed E-state index contributed by atoms with van der Waals surface area (Å²) in [5.74, 6) is -0.570. The lowest BCUT2D eigenvalue weighted by molar-refractivity contribution is -0.124. The highest BCUT2D eigenvalue weighted by atomic mass is 32.2. The topological polar surface area (TPSA) is 201 Å². The van der Waals surface area contributed by atoms with E-state index in [1.54, 1.807) is 35.4 Å². The Hall–Kier alpha value is -7.41. The number of aliphatic imine (C=N–C) groups is 2. The fourth-order valence-corrected chi connectivity index (χ4v) is 13.2. The average Bonchev–Trinajstić information content (AvgIpc) is 4.37. The number of thiophene rings is 1. The van der Waals surface area contributed by atoms with Gasteiger partial charge in [-0.15, -0.1) is 11.3 Å². The van der Waals surface area contributed by atoms with E-state index in [0.717, 1.165) is 82.1 Å². The number of carbonyl (C=O) groups is 5. The molecule has 448 valence electrons. The lowest BCUT2D eigenvalue weighted by Gasteiger charge is -2.30. The lowest BCUT2D eigenvalue weighted by Crippen LogP contribution is -2.38. The maximum Gasteiger partial charge on any atom is 0.338 e. The first-order chi connectivity index (χ1) is 40.7. The number of carbonyl (C=O) groups excluding carboxylic acids is 5. The van der Waals surface area contributed by atoms with Crippen molar-refractivity contribution in [3.8, 4) is 0 Å². The minimum Gasteiger partial charge on any atom is -0.511 e. The summed E-state index contributed by atoms with van der Waals surface area (Å²) in [7, 11) is -1.75. The van der Waals surface area contributed by atoms with E-state index < -0.39 is 22.4 Å². The Balaban J connectivity index is 0.000000165. The van der Waals surface area contributed by atoms with Crippen molar-refractivity contribution in [3.63, 3.8) is 0 Å². The number of hydrogen-bond acceptors (Lipinski definition) is 14. The molecule has 2 amide bonds. The SMILES string of the molecule is C=C1CCC(C(=O)N=C2CC(c3ccc(F)cc3)=C(C)S2)=NN1.CCS(=O)(=O)c1cccc(C(=O)OCC(=O)N2CCCc3ccccc32)c1.CN=C(Cc1ccccc1)C1=C(O)CC(C)(C)CC1=O.O=C(CCc1cccs1)C1CCCCC1. The zero-order chi connectivity index (χ0) is 61.1. The van der Waals surface area contributed by atoms with Crippen LogP contribution in [0.3, 0.4) is 0 Å². The Morgan fingerprint density at radius 3 is 2.29 bits per heavy atom. The van der Waals surface area contributed by atoms with Gasteiger partial charge in [0.2, 0.25) is 0 Å². The number of aliphatic hydroxyl groups is 1. The van der Waals surface area contributed by atoms with E-state index in [9.17, 15) is 41.9 Å². The Morgan fingerprint density at radius 1 is 0.894 bits per heavy atom. The van der Waals surface area contributed by atoms with Crippen molar-refractivity contribution in [1.82, 2.24) is 5.43 Å². The second-order valence-electron chi connectivity index (χ2n) is 22.2. The largest absolute Gasteiger partial charge is 0.511 e. The molecule has 85 heavy (non-hydrogen) atoms. The molecule has 0 radical (unpaired) electrons. The second kappa shape index (κ2) is 31.1.